The number of rotatable bonds is 18. The van der Waals surface area contributed by atoms with Crippen LogP contribution in [0.25, 0.3) is 0 Å². The summed E-state index contributed by atoms with van der Waals surface area (Å²) in [5, 5.41) is 10.8. The first-order chi connectivity index (χ1) is 12.2. The number of nitrogens with one attached hydrogen (secondary N) is 1. The van der Waals surface area contributed by atoms with Gasteiger partial charge in [0.25, 0.3) is 0 Å². The Kier molecular flexibility index (Phi) is 18.0. The van der Waals surface area contributed by atoms with E-state index in [1.807, 2.05) is 0 Å². The first-order valence-electron chi connectivity index (χ1n) is 10.3. The summed E-state index contributed by atoms with van der Waals surface area (Å²) in [6.45, 7) is 1.98. The van der Waals surface area contributed by atoms with Gasteiger partial charge in [-0.3, -0.25) is 9.59 Å². The molecule has 0 aliphatic carbocycles. The van der Waals surface area contributed by atoms with E-state index >= 15 is 0 Å². The molecule has 0 aliphatic heterocycles. The number of carbonyl (C=O) groups excluding carboxylic acids is 1. The first kappa shape index (κ1) is 23.7. The summed E-state index contributed by atoms with van der Waals surface area (Å²) in [5.41, 5.74) is 0. The lowest BCUT2D eigenvalue weighted by Crippen LogP contribution is -2.28. The van der Waals surface area contributed by atoms with E-state index in [4.69, 9.17) is 5.11 Å². The number of aliphatic carboxylic acids is 1. The molecular formula is C21H39NO3. The first-order valence-corrected chi connectivity index (χ1v) is 10.3. The Morgan fingerprint density at radius 1 is 0.760 bits per heavy atom. The number of unbranched alkanes of at least 4 members (excludes halogenated alkanes) is 12. The van der Waals surface area contributed by atoms with Gasteiger partial charge >= 0.3 is 5.97 Å². The quantitative estimate of drug-likeness (QED) is 0.248. The maximum atomic E-state index is 11.3. The van der Waals surface area contributed by atoms with E-state index in [-0.39, 0.29) is 12.5 Å². The number of hydrogen-bond donors (Lipinski definition) is 2. The summed E-state index contributed by atoms with van der Waals surface area (Å²) >= 11 is 0. The van der Waals surface area contributed by atoms with Gasteiger partial charge in [-0.2, -0.15) is 0 Å². The van der Waals surface area contributed by atoms with E-state index in [0.717, 1.165) is 25.7 Å². The van der Waals surface area contributed by atoms with Crippen molar-refractivity contribution in [2.45, 2.75) is 103 Å². The standard InChI is InChI=1S/C21H39NO3/c1-2-3-4-5-6-7-8-9-10-11-12-13-14-15-16-17-18-20(23)22-19-21(24)25/h10-11H,2-9,12-19H2,1H3,(H,22,23)(H,24,25)/b11-10-. The van der Waals surface area contributed by atoms with Crippen LogP contribution in [0.3, 0.4) is 0 Å². The molecule has 0 aromatic carbocycles. The third-order valence-corrected chi connectivity index (χ3v) is 4.35. The lowest BCUT2D eigenvalue weighted by Gasteiger charge is -2.02. The topological polar surface area (TPSA) is 66.4 Å². The molecule has 0 saturated carbocycles. The Hall–Kier alpha value is -1.32. The highest BCUT2D eigenvalue weighted by molar-refractivity contribution is 5.80. The van der Waals surface area contributed by atoms with Crippen LogP contribution >= 0.6 is 0 Å². The van der Waals surface area contributed by atoms with Crippen molar-refractivity contribution in [3.8, 4) is 0 Å². The normalized spacial score (nSPS) is 11.1. The molecule has 25 heavy (non-hydrogen) atoms. The van der Waals surface area contributed by atoms with E-state index in [1.165, 1.54) is 64.2 Å². The second-order valence-corrected chi connectivity index (χ2v) is 6.86. The number of amides is 1. The van der Waals surface area contributed by atoms with Crippen LogP contribution in [-0.4, -0.2) is 23.5 Å². The average Bonchev–Trinajstić information content (AvgIpc) is 2.59. The predicted molar refractivity (Wildman–Crippen MR) is 105 cm³/mol. The van der Waals surface area contributed by atoms with Gasteiger partial charge in [-0.1, -0.05) is 76.9 Å². The van der Waals surface area contributed by atoms with E-state index in [9.17, 15) is 9.59 Å². The summed E-state index contributed by atoms with van der Waals surface area (Å²) in [6, 6.07) is 0. The number of carbonyl (C=O) groups is 2. The largest absolute Gasteiger partial charge is 0.480 e. The van der Waals surface area contributed by atoms with Crippen molar-refractivity contribution in [2.75, 3.05) is 6.54 Å². The molecule has 146 valence electrons. The Morgan fingerprint density at radius 2 is 1.24 bits per heavy atom. The highest BCUT2D eigenvalue weighted by Crippen LogP contribution is 2.10. The van der Waals surface area contributed by atoms with Gasteiger partial charge in [0.05, 0.1) is 0 Å². The second-order valence-electron chi connectivity index (χ2n) is 6.86. The third-order valence-electron chi connectivity index (χ3n) is 4.35. The molecule has 4 heteroatoms. The van der Waals surface area contributed by atoms with E-state index < -0.39 is 5.97 Å². The number of carboxylic acid groups (broad SMARTS) is 1. The van der Waals surface area contributed by atoms with E-state index in [2.05, 4.69) is 24.4 Å². The third kappa shape index (κ3) is 20.6. The molecule has 0 aromatic heterocycles. The van der Waals surface area contributed by atoms with Gasteiger partial charge in [-0.05, 0) is 32.1 Å². The lowest BCUT2D eigenvalue weighted by atomic mass is 10.1. The van der Waals surface area contributed by atoms with Gasteiger partial charge in [-0.15, -0.1) is 0 Å². The minimum absolute atomic E-state index is 0.157. The molecule has 0 heterocycles. The second kappa shape index (κ2) is 19.0. The average molecular weight is 354 g/mol. The minimum atomic E-state index is -0.992. The molecule has 4 nitrogen and oxygen atoms in total. The molecule has 0 aliphatic rings. The van der Waals surface area contributed by atoms with Crippen molar-refractivity contribution < 1.29 is 14.7 Å². The van der Waals surface area contributed by atoms with Gasteiger partial charge in [0.1, 0.15) is 6.54 Å². The van der Waals surface area contributed by atoms with Crippen LogP contribution in [0, 0.1) is 0 Å². The van der Waals surface area contributed by atoms with Gasteiger partial charge in [0.2, 0.25) is 5.91 Å². The maximum absolute atomic E-state index is 11.3. The predicted octanol–water partition coefficient (Wildman–Crippen LogP) is 5.61. The van der Waals surface area contributed by atoms with Crippen LogP contribution in [0.2, 0.25) is 0 Å². The molecule has 0 radical (unpaired) electrons. The van der Waals surface area contributed by atoms with Gasteiger partial charge < -0.3 is 10.4 Å². The molecule has 2 N–H and O–H groups in total. The van der Waals surface area contributed by atoms with Gasteiger partial charge in [-0.25, -0.2) is 0 Å². The zero-order valence-electron chi connectivity index (χ0n) is 16.2. The van der Waals surface area contributed by atoms with Crippen LogP contribution in [0.4, 0.5) is 0 Å². The van der Waals surface area contributed by atoms with Crippen LogP contribution in [-0.2, 0) is 9.59 Å². The minimum Gasteiger partial charge on any atom is -0.480 e. The molecule has 0 aromatic rings. The number of hydrogen-bond acceptors (Lipinski definition) is 2. The smallest absolute Gasteiger partial charge is 0.322 e. The fraction of sp³-hybridized carbons (Fsp3) is 0.810. The molecule has 1 amide bonds. The van der Waals surface area contributed by atoms with Crippen molar-refractivity contribution in [3.05, 3.63) is 12.2 Å². The zero-order valence-corrected chi connectivity index (χ0v) is 16.2. The summed E-state index contributed by atoms with van der Waals surface area (Å²) in [7, 11) is 0. The van der Waals surface area contributed by atoms with Crippen molar-refractivity contribution in [1.82, 2.24) is 5.32 Å². The van der Waals surface area contributed by atoms with E-state index in [0.29, 0.717) is 6.42 Å². The monoisotopic (exact) mass is 353 g/mol. The number of allylic oxidation sites excluding steroid dienone is 2. The molecule has 0 saturated heterocycles. The van der Waals surface area contributed by atoms with Crippen molar-refractivity contribution >= 4 is 11.9 Å². The van der Waals surface area contributed by atoms with Crippen LogP contribution in [0.5, 0.6) is 0 Å². The fourth-order valence-electron chi connectivity index (χ4n) is 2.80. The Labute approximate surface area is 154 Å². The van der Waals surface area contributed by atoms with Crippen LogP contribution < -0.4 is 5.32 Å². The Morgan fingerprint density at radius 3 is 1.76 bits per heavy atom. The molecular weight excluding hydrogens is 314 g/mol. The van der Waals surface area contributed by atoms with Crippen molar-refractivity contribution in [3.63, 3.8) is 0 Å². The molecule has 0 bridgehead atoms. The van der Waals surface area contributed by atoms with Crippen LogP contribution in [0.1, 0.15) is 103 Å². The van der Waals surface area contributed by atoms with Crippen molar-refractivity contribution in [2.24, 2.45) is 0 Å². The highest BCUT2D eigenvalue weighted by atomic mass is 16.4. The molecule has 0 spiro atoms. The Balaban J connectivity index is 3.20. The Bertz CT molecular complexity index is 353. The summed E-state index contributed by atoms with van der Waals surface area (Å²) < 4.78 is 0. The number of carboxylic acids is 1. The van der Waals surface area contributed by atoms with E-state index in [1.54, 1.807) is 0 Å². The van der Waals surface area contributed by atoms with Crippen molar-refractivity contribution in [1.29, 1.82) is 0 Å². The molecule has 0 rings (SSSR count). The SMILES string of the molecule is CCCCCCCCC/C=C\CCCCCCCC(=O)NCC(=O)O. The van der Waals surface area contributed by atoms with Gasteiger partial charge in [0.15, 0.2) is 0 Å². The highest BCUT2D eigenvalue weighted by Gasteiger charge is 2.02. The lowest BCUT2D eigenvalue weighted by molar-refractivity contribution is -0.137. The molecule has 0 unspecified atom stereocenters. The molecule has 0 fully saturated rings. The molecule has 0 atom stereocenters. The summed E-state index contributed by atoms with van der Waals surface area (Å²) in [6.07, 6.45) is 22.5. The summed E-state index contributed by atoms with van der Waals surface area (Å²) in [5.74, 6) is -1.15. The van der Waals surface area contributed by atoms with Crippen LogP contribution in [0.15, 0.2) is 12.2 Å². The maximum Gasteiger partial charge on any atom is 0.322 e. The van der Waals surface area contributed by atoms with Gasteiger partial charge in [0, 0.05) is 6.42 Å². The fourth-order valence-corrected chi connectivity index (χ4v) is 2.80. The summed E-state index contributed by atoms with van der Waals surface area (Å²) in [4.78, 5) is 21.6. The zero-order chi connectivity index (χ0) is 18.6.